The molecule has 0 saturated carbocycles. The highest BCUT2D eigenvalue weighted by Gasteiger charge is 2.04. The molecule has 0 fully saturated rings. The summed E-state index contributed by atoms with van der Waals surface area (Å²) in [6, 6.07) is 8.12. The molecule has 16 heavy (non-hydrogen) atoms. The number of nitrogen functional groups attached to an aromatic ring is 1. The molecule has 0 aliphatic carbocycles. The van der Waals surface area contributed by atoms with E-state index in [2.05, 4.69) is 10.2 Å². The highest BCUT2D eigenvalue weighted by atomic mass is 35.5. The Balaban J connectivity index is 2.23. The molecular weight excluding hydrogens is 249 g/mol. The Morgan fingerprint density at radius 3 is 2.50 bits per heavy atom. The van der Waals surface area contributed by atoms with E-state index in [0.29, 0.717) is 27.5 Å². The standard InChI is InChI=1S/C10H7Cl2N3O/c11-7-5-6(13)1-2-8(7)16-10-4-3-9(12)14-15-10/h1-5H,13H2. The summed E-state index contributed by atoms with van der Waals surface area (Å²) >= 11 is 11.5. The van der Waals surface area contributed by atoms with Gasteiger partial charge in [-0.3, -0.25) is 0 Å². The Bertz CT molecular complexity index is 502. The molecule has 1 aromatic heterocycles. The van der Waals surface area contributed by atoms with Crippen molar-refractivity contribution in [2.45, 2.75) is 0 Å². The van der Waals surface area contributed by atoms with E-state index < -0.39 is 0 Å². The van der Waals surface area contributed by atoms with Gasteiger partial charge in [0.2, 0.25) is 5.88 Å². The summed E-state index contributed by atoms with van der Waals surface area (Å²) < 4.78 is 5.40. The van der Waals surface area contributed by atoms with Crippen LogP contribution in [-0.2, 0) is 0 Å². The average molecular weight is 256 g/mol. The molecule has 1 aromatic carbocycles. The SMILES string of the molecule is Nc1ccc(Oc2ccc(Cl)nn2)c(Cl)c1. The number of anilines is 1. The van der Waals surface area contributed by atoms with Gasteiger partial charge in [0.1, 0.15) is 5.75 Å². The van der Waals surface area contributed by atoms with Gasteiger partial charge in [-0.1, -0.05) is 23.2 Å². The summed E-state index contributed by atoms with van der Waals surface area (Å²) in [6.45, 7) is 0. The molecule has 82 valence electrons. The van der Waals surface area contributed by atoms with Gasteiger partial charge < -0.3 is 10.5 Å². The van der Waals surface area contributed by atoms with Crippen molar-refractivity contribution in [3.63, 3.8) is 0 Å². The molecule has 0 bridgehead atoms. The lowest BCUT2D eigenvalue weighted by atomic mass is 10.3. The fraction of sp³-hybridized carbons (Fsp3) is 0. The van der Waals surface area contributed by atoms with Gasteiger partial charge >= 0.3 is 0 Å². The lowest BCUT2D eigenvalue weighted by molar-refractivity contribution is 0.455. The smallest absolute Gasteiger partial charge is 0.239 e. The van der Waals surface area contributed by atoms with Gasteiger partial charge in [0.25, 0.3) is 0 Å². The van der Waals surface area contributed by atoms with Crippen LogP contribution in [0.15, 0.2) is 30.3 Å². The van der Waals surface area contributed by atoms with Gasteiger partial charge in [-0.25, -0.2) is 0 Å². The summed E-state index contributed by atoms with van der Waals surface area (Å²) in [6.07, 6.45) is 0. The van der Waals surface area contributed by atoms with Crippen LogP contribution in [0.2, 0.25) is 10.2 Å². The highest BCUT2D eigenvalue weighted by Crippen LogP contribution is 2.29. The highest BCUT2D eigenvalue weighted by molar-refractivity contribution is 6.32. The number of hydrogen-bond acceptors (Lipinski definition) is 4. The van der Waals surface area contributed by atoms with Crippen molar-refractivity contribution in [1.29, 1.82) is 0 Å². The predicted molar refractivity (Wildman–Crippen MR) is 63.0 cm³/mol. The molecule has 4 nitrogen and oxygen atoms in total. The molecule has 2 aromatic rings. The summed E-state index contributed by atoms with van der Waals surface area (Å²) in [4.78, 5) is 0. The summed E-state index contributed by atoms with van der Waals surface area (Å²) in [5.74, 6) is 0.781. The number of nitrogens with zero attached hydrogens (tertiary/aromatic N) is 2. The number of rotatable bonds is 2. The molecule has 1 heterocycles. The minimum absolute atomic E-state index is 0.302. The van der Waals surface area contributed by atoms with Crippen LogP contribution in [0.25, 0.3) is 0 Å². The number of nitrogens with two attached hydrogens (primary N) is 1. The second-order valence-electron chi connectivity index (χ2n) is 2.99. The van der Waals surface area contributed by atoms with Crippen molar-refractivity contribution in [3.8, 4) is 11.6 Å². The fourth-order valence-corrected chi connectivity index (χ4v) is 1.40. The predicted octanol–water partition coefficient (Wildman–Crippen LogP) is 3.16. The zero-order valence-electron chi connectivity index (χ0n) is 8.02. The summed E-state index contributed by atoms with van der Waals surface area (Å²) in [5, 5.41) is 8.10. The maximum Gasteiger partial charge on any atom is 0.239 e. The third-order valence-corrected chi connectivity index (χ3v) is 2.27. The van der Waals surface area contributed by atoms with Gasteiger partial charge in [0, 0.05) is 11.8 Å². The maximum atomic E-state index is 5.93. The Labute approximate surface area is 102 Å². The first-order chi connectivity index (χ1) is 7.65. The fourth-order valence-electron chi connectivity index (χ4n) is 1.07. The molecule has 0 amide bonds. The van der Waals surface area contributed by atoms with Crippen LogP contribution in [0.3, 0.4) is 0 Å². The molecule has 6 heteroatoms. The van der Waals surface area contributed by atoms with Crippen molar-refractivity contribution in [2.75, 3.05) is 5.73 Å². The van der Waals surface area contributed by atoms with Gasteiger partial charge in [-0.05, 0) is 24.3 Å². The van der Waals surface area contributed by atoms with Gasteiger partial charge in [0.15, 0.2) is 5.15 Å². The first kappa shape index (κ1) is 11.0. The van der Waals surface area contributed by atoms with E-state index in [-0.39, 0.29) is 0 Å². The van der Waals surface area contributed by atoms with Crippen LogP contribution in [0.4, 0.5) is 5.69 Å². The van der Waals surface area contributed by atoms with Crippen LogP contribution < -0.4 is 10.5 Å². The maximum absolute atomic E-state index is 5.93. The van der Waals surface area contributed by atoms with Gasteiger partial charge in [0.05, 0.1) is 5.02 Å². The summed E-state index contributed by atoms with van der Waals surface area (Å²) in [7, 11) is 0. The third kappa shape index (κ3) is 2.53. The second-order valence-corrected chi connectivity index (χ2v) is 3.78. The number of ether oxygens (including phenoxy) is 1. The van der Waals surface area contributed by atoms with E-state index in [0.717, 1.165) is 0 Å². The van der Waals surface area contributed by atoms with E-state index in [1.807, 2.05) is 0 Å². The monoisotopic (exact) mass is 255 g/mol. The van der Waals surface area contributed by atoms with E-state index >= 15 is 0 Å². The van der Waals surface area contributed by atoms with Crippen LogP contribution in [0, 0.1) is 0 Å². The van der Waals surface area contributed by atoms with E-state index in [1.165, 1.54) is 0 Å². The molecular formula is C10H7Cl2N3O. The molecule has 0 aliphatic rings. The Morgan fingerprint density at radius 1 is 1.06 bits per heavy atom. The lowest BCUT2D eigenvalue weighted by Gasteiger charge is -2.06. The topological polar surface area (TPSA) is 61.0 Å². The van der Waals surface area contributed by atoms with Crippen LogP contribution in [0.5, 0.6) is 11.6 Å². The molecule has 0 radical (unpaired) electrons. The largest absolute Gasteiger partial charge is 0.436 e. The molecule has 2 rings (SSSR count). The number of aromatic nitrogens is 2. The summed E-state index contributed by atoms with van der Waals surface area (Å²) in [5.41, 5.74) is 6.12. The van der Waals surface area contributed by atoms with Crippen molar-refractivity contribution >= 4 is 28.9 Å². The third-order valence-electron chi connectivity index (χ3n) is 1.78. The van der Waals surface area contributed by atoms with Crippen molar-refractivity contribution < 1.29 is 4.74 Å². The number of hydrogen-bond donors (Lipinski definition) is 1. The molecule has 0 saturated heterocycles. The van der Waals surface area contributed by atoms with Crippen molar-refractivity contribution in [2.24, 2.45) is 0 Å². The van der Waals surface area contributed by atoms with Crippen molar-refractivity contribution in [3.05, 3.63) is 40.5 Å². The molecule has 0 unspecified atom stereocenters. The average Bonchev–Trinajstić information content (AvgIpc) is 2.25. The van der Waals surface area contributed by atoms with Gasteiger partial charge in [-0.15, -0.1) is 10.2 Å². The Hall–Kier alpha value is -1.52. The number of halogens is 2. The first-order valence-electron chi connectivity index (χ1n) is 4.37. The molecule has 0 aliphatic heterocycles. The minimum Gasteiger partial charge on any atom is -0.436 e. The minimum atomic E-state index is 0.302. The zero-order chi connectivity index (χ0) is 11.5. The van der Waals surface area contributed by atoms with E-state index in [1.54, 1.807) is 30.3 Å². The van der Waals surface area contributed by atoms with Crippen LogP contribution >= 0.6 is 23.2 Å². The van der Waals surface area contributed by atoms with Crippen LogP contribution in [0.1, 0.15) is 0 Å². The zero-order valence-corrected chi connectivity index (χ0v) is 9.53. The Morgan fingerprint density at radius 2 is 1.88 bits per heavy atom. The second kappa shape index (κ2) is 4.55. The molecule has 2 N–H and O–H groups in total. The van der Waals surface area contributed by atoms with E-state index in [4.69, 9.17) is 33.7 Å². The normalized spacial score (nSPS) is 10.1. The lowest BCUT2D eigenvalue weighted by Crippen LogP contribution is -1.92. The molecule has 0 atom stereocenters. The Kier molecular flexibility index (Phi) is 3.12. The van der Waals surface area contributed by atoms with Crippen molar-refractivity contribution in [1.82, 2.24) is 10.2 Å². The number of benzene rings is 1. The quantitative estimate of drug-likeness (QED) is 0.838. The van der Waals surface area contributed by atoms with Crippen LogP contribution in [-0.4, -0.2) is 10.2 Å². The van der Waals surface area contributed by atoms with E-state index in [9.17, 15) is 0 Å². The van der Waals surface area contributed by atoms with Gasteiger partial charge in [-0.2, -0.15) is 0 Å². The first-order valence-corrected chi connectivity index (χ1v) is 5.13. The molecule has 0 spiro atoms.